The average molecular weight is 385 g/mol. The standard InChI is InChI=1S/C22H24FNO4/c1-2-15-13-20(9-5-16(15)6-10-21(25)26)27-12-11-19-14-28-22(24-19)17-3-7-18(23)8-4-17/h3,5,7-9,13-14,17H,2,4,6,10-12H2,1H3,(H,25,26). The lowest BCUT2D eigenvalue weighted by Gasteiger charge is -2.11. The number of oxazole rings is 1. The number of halogens is 1. The molecule has 1 N–H and O–H groups in total. The van der Waals surface area contributed by atoms with Crippen molar-refractivity contribution < 1.29 is 23.4 Å². The predicted molar refractivity (Wildman–Crippen MR) is 103 cm³/mol. The Morgan fingerprint density at radius 3 is 2.93 bits per heavy atom. The molecular weight excluding hydrogens is 361 g/mol. The molecule has 0 amide bonds. The first-order chi connectivity index (χ1) is 13.5. The monoisotopic (exact) mass is 385 g/mol. The Bertz CT molecular complexity index is 884. The molecule has 0 spiro atoms. The summed E-state index contributed by atoms with van der Waals surface area (Å²) in [6.07, 6.45) is 8.97. The Labute approximate surface area is 163 Å². The van der Waals surface area contributed by atoms with E-state index in [1.807, 2.05) is 25.1 Å². The van der Waals surface area contributed by atoms with E-state index in [9.17, 15) is 9.18 Å². The normalized spacial score (nSPS) is 16.1. The number of aromatic nitrogens is 1. The molecule has 0 saturated heterocycles. The van der Waals surface area contributed by atoms with Crippen LogP contribution >= 0.6 is 0 Å². The average Bonchev–Trinajstić information content (AvgIpc) is 3.16. The van der Waals surface area contributed by atoms with Gasteiger partial charge in [-0.15, -0.1) is 0 Å². The minimum atomic E-state index is -0.792. The summed E-state index contributed by atoms with van der Waals surface area (Å²) in [6, 6.07) is 5.78. The molecule has 0 bridgehead atoms. The first-order valence-electron chi connectivity index (χ1n) is 9.49. The highest BCUT2D eigenvalue weighted by Gasteiger charge is 2.17. The molecular formula is C22H24FNO4. The molecule has 1 unspecified atom stereocenters. The molecule has 6 heteroatoms. The molecule has 1 aliphatic carbocycles. The van der Waals surface area contributed by atoms with Crippen molar-refractivity contribution in [2.75, 3.05) is 6.61 Å². The van der Waals surface area contributed by atoms with E-state index < -0.39 is 5.97 Å². The van der Waals surface area contributed by atoms with Gasteiger partial charge in [0.1, 0.15) is 17.8 Å². The van der Waals surface area contributed by atoms with Gasteiger partial charge in [-0.3, -0.25) is 4.79 Å². The van der Waals surface area contributed by atoms with Crippen molar-refractivity contribution in [2.45, 2.75) is 44.9 Å². The minimum Gasteiger partial charge on any atom is -0.493 e. The summed E-state index contributed by atoms with van der Waals surface area (Å²) in [4.78, 5) is 15.2. The van der Waals surface area contributed by atoms with Gasteiger partial charge >= 0.3 is 5.97 Å². The number of benzene rings is 1. The summed E-state index contributed by atoms with van der Waals surface area (Å²) in [6.45, 7) is 2.50. The zero-order valence-electron chi connectivity index (χ0n) is 15.9. The fraction of sp³-hybridized carbons (Fsp3) is 0.364. The lowest BCUT2D eigenvalue weighted by molar-refractivity contribution is -0.136. The van der Waals surface area contributed by atoms with Crippen LogP contribution in [0.4, 0.5) is 4.39 Å². The van der Waals surface area contributed by atoms with Crippen LogP contribution in [0, 0.1) is 0 Å². The molecule has 1 aromatic carbocycles. The third kappa shape index (κ3) is 5.31. The maximum Gasteiger partial charge on any atom is 0.303 e. The SMILES string of the molecule is CCc1cc(OCCc2coc(C3C=CC(F)=CC3)n2)ccc1CCC(=O)O. The molecule has 3 rings (SSSR count). The molecule has 0 aliphatic heterocycles. The van der Waals surface area contributed by atoms with E-state index in [0.29, 0.717) is 31.8 Å². The van der Waals surface area contributed by atoms with Gasteiger partial charge in [0.2, 0.25) is 5.89 Å². The van der Waals surface area contributed by atoms with Crippen LogP contribution in [-0.2, 0) is 24.1 Å². The molecule has 1 aliphatic rings. The second-order valence-corrected chi connectivity index (χ2v) is 6.74. The highest BCUT2D eigenvalue weighted by Crippen LogP contribution is 2.26. The number of hydrogen-bond acceptors (Lipinski definition) is 4. The molecule has 28 heavy (non-hydrogen) atoms. The molecule has 1 atom stereocenters. The van der Waals surface area contributed by atoms with Gasteiger partial charge in [-0.2, -0.15) is 0 Å². The van der Waals surface area contributed by atoms with Gasteiger partial charge < -0.3 is 14.3 Å². The maximum absolute atomic E-state index is 13.0. The first-order valence-corrected chi connectivity index (χ1v) is 9.49. The Hall–Kier alpha value is -2.89. The Balaban J connectivity index is 1.52. The number of carbonyl (C=O) groups is 1. The molecule has 148 valence electrons. The number of aryl methyl sites for hydroxylation is 2. The number of ether oxygens (including phenoxy) is 1. The second kappa shape index (κ2) is 9.35. The summed E-state index contributed by atoms with van der Waals surface area (Å²) in [5.41, 5.74) is 2.95. The maximum atomic E-state index is 13.0. The van der Waals surface area contributed by atoms with Crippen molar-refractivity contribution >= 4 is 5.97 Å². The summed E-state index contributed by atoms with van der Waals surface area (Å²) < 4.78 is 24.4. The molecule has 0 fully saturated rings. The minimum absolute atomic E-state index is 0.0281. The van der Waals surface area contributed by atoms with Crippen molar-refractivity contribution in [3.8, 4) is 5.75 Å². The van der Waals surface area contributed by atoms with Crippen LogP contribution in [0.2, 0.25) is 0 Å². The summed E-state index contributed by atoms with van der Waals surface area (Å²) in [7, 11) is 0. The molecule has 1 heterocycles. The summed E-state index contributed by atoms with van der Waals surface area (Å²) >= 11 is 0. The van der Waals surface area contributed by atoms with Crippen LogP contribution in [0.25, 0.3) is 0 Å². The van der Waals surface area contributed by atoms with E-state index in [4.69, 9.17) is 14.3 Å². The van der Waals surface area contributed by atoms with Gasteiger partial charge in [-0.25, -0.2) is 9.37 Å². The lowest BCUT2D eigenvalue weighted by atomic mass is 10.0. The summed E-state index contributed by atoms with van der Waals surface area (Å²) in [5, 5.41) is 8.85. The zero-order valence-corrected chi connectivity index (χ0v) is 15.9. The predicted octanol–water partition coefficient (Wildman–Crippen LogP) is 4.77. The van der Waals surface area contributed by atoms with Gasteiger partial charge in [0.05, 0.1) is 18.2 Å². The fourth-order valence-electron chi connectivity index (χ4n) is 3.17. The fourth-order valence-corrected chi connectivity index (χ4v) is 3.17. The quantitative estimate of drug-likeness (QED) is 0.673. The first kappa shape index (κ1) is 19.9. The third-order valence-electron chi connectivity index (χ3n) is 4.74. The van der Waals surface area contributed by atoms with Crippen LogP contribution in [0.5, 0.6) is 5.75 Å². The Kier molecular flexibility index (Phi) is 6.63. The molecule has 0 saturated carbocycles. The van der Waals surface area contributed by atoms with Crippen molar-refractivity contribution in [3.05, 3.63) is 71.2 Å². The largest absolute Gasteiger partial charge is 0.493 e. The van der Waals surface area contributed by atoms with Crippen LogP contribution in [0.3, 0.4) is 0 Å². The van der Waals surface area contributed by atoms with E-state index in [1.54, 1.807) is 12.3 Å². The number of aliphatic carboxylic acids is 1. The van der Waals surface area contributed by atoms with Gasteiger partial charge in [-0.05, 0) is 54.7 Å². The smallest absolute Gasteiger partial charge is 0.303 e. The molecule has 2 aromatic rings. The Morgan fingerprint density at radius 1 is 1.36 bits per heavy atom. The van der Waals surface area contributed by atoms with E-state index in [1.165, 1.54) is 12.2 Å². The van der Waals surface area contributed by atoms with Crippen molar-refractivity contribution in [1.29, 1.82) is 0 Å². The topological polar surface area (TPSA) is 72.6 Å². The zero-order chi connectivity index (χ0) is 19.9. The second-order valence-electron chi connectivity index (χ2n) is 6.74. The third-order valence-corrected chi connectivity index (χ3v) is 4.74. The molecule has 0 radical (unpaired) electrons. The van der Waals surface area contributed by atoms with Crippen molar-refractivity contribution in [3.63, 3.8) is 0 Å². The Morgan fingerprint density at radius 2 is 2.21 bits per heavy atom. The number of allylic oxidation sites excluding steroid dienone is 4. The van der Waals surface area contributed by atoms with Crippen molar-refractivity contribution in [2.24, 2.45) is 0 Å². The van der Waals surface area contributed by atoms with E-state index in [-0.39, 0.29) is 18.2 Å². The number of rotatable bonds is 9. The number of nitrogens with zero attached hydrogens (tertiary/aromatic N) is 1. The summed E-state index contributed by atoms with van der Waals surface area (Å²) in [5.74, 6) is 0.303. The lowest BCUT2D eigenvalue weighted by Crippen LogP contribution is -2.04. The van der Waals surface area contributed by atoms with E-state index in [2.05, 4.69) is 4.98 Å². The molecule has 5 nitrogen and oxygen atoms in total. The van der Waals surface area contributed by atoms with Crippen LogP contribution < -0.4 is 4.74 Å². The van der Waals surface area contributed by atoms with E-state index >= 15 is 0 Å². The van der Waals surface area contributed by atoms with Gasteiger partial charge in [0.15, 0.2) is 0 Å². The number of carboxylic acid groups (broad SMARTS) is 1. The van der Waals surface area contributed by atoms with E-state index in [0.717, 1.165) is 29.0 Å². The van der Waals surface area contributed by atoms with Crippen LogP contribution in [0.15, 0.2) is 52.9 Å². The number of hydrogen-bond donors (Lipinski definition) is 1. The highest BCUT2D eigenvalue weighted by atomic mass is 19.1. The van der Waals surface area contributed by atoms with Gasteiger partial charge in [0.25, 0.3) is 0 Å². The highest BCUT2D eigenvalue weighted by molar-refractivity contribution is 5.67. The number of carboxylic acids is 1. The molecule has 1 aromatic heterocycles. The van der Waals surface area contributed by atoms with Crippen LogP contribution in [0.1, 0.15) is 48.4 Å². The van der Waals surface area contributed by atoms with Crippen molar-refractivity contribution in [1.82, 2.24) is 4.98 Å². The van der Waals surface area contributed by atoms with Crippen LogP contribution in [-0.4, -0.2) is 22.7 Å². The van der Waals surface area contributed by atoms with Gasteiger partial charge in [0, 0.05) is 12.8 Å². The van der Waals surface area contributed by atoms with Gasteiger partial charge in [-0.1, -0.05) is 19.1 Å².